The number of hydrogen-bond acceptors (Lipinski definition) is 12. The van der Waals surface area contributed by atoms with Gasteiger partial charge in [0.05, 0.1) is 36.0 Å². The number of rotatable bonds is 8. The predicted octanol–water partition coefficient (Wildman–Crippen LogP) is 5.20. The quantitative estimate of drug-likeness (QED) is 0.267. The second-order valence-corrected chi connectivity index (χ2v) is 17.6. The number of alkyl carbamates (subject to hydrolysis) is 1. The number of fused-ring (bicyclic) bond motifs is 2. The minimum Gasteiger partial charge on any atom is -0.458 e. The Morgan fingerprint density at radius 2 is 1.71 bits per heavy atom. The van der Waals surface area contributed by atoms with E-state index in [1.165, 1.54) is 6.92 Å². The third-order valence-corrected chi connectivity index (χ3v) is 13.0. The highest BCUT2D eigenvalue weighted by Gasteiger charge is 2.57. The van der Waals surface area contributed by atoms with Crippen molar-refractivity contribution >= 4 is 34.5 Å². The Morgan fingerprint density at radius 3 is 2.41 bits per heavy atom. The number of esters is 1. The monoisotopic (exact) mass is 779 g/mol. The zero-order chi connectivity index (χ0) is 40.9. The van der Waals surface area contributed by atoms with Crippen LogP contribution in [0.15, 0.2) is 36.5 Å². The summed E-state index contributed by atoms with van der Waals surface area (Å²) in [7, 11) is 3.77. The molecule has 3 saturated heterocycles. The first-order valence-corrected chi connectivity index (χ1v) is 20.3. The van der Waals surface area contributed by atoms with Crippen LogP contribution in [-0.2, 0) is 38.1 Å². The van der Waals surface area contributed by atoms with Crippen LogP contribution < -0.4 is 5.32 Å². The molecule has 1 amide bonds. The number of aromatic nitrogens is 1. The van der Waals surface area contributed by atoms with Crippen molar-refractivity contribution in [2.75, 3.05) is 20.7 Å². The van der Waals surface area contributed by atoms with Gasteiger partial charge in [-0.1, -0.05) is 45.9 Å². The molecule has 4 aliphatic rings. The summed E-state index contributed by atoms with van der Waals surface area (Å²) in [5, 5.41) is 15.5. The summed E-state index contributed by atoms with van der Waals surface area (Å²) in [6.45, 7) is 14.3. The maximum atomic E-state index is 14.5. The first-order valence-electron chi connectivity index (χ1n) is 20.3. The van der Waals surface area contributed by atoms with E-state index < -0.39 is 83.4 Å². The summed E-state index contributed by atoms with van der Waals surface area (Å²) < 4.78 is 31.8. The number of benzene rings is 1. The van der Waals surface area contributed by atoms with E-state index in [-0.39, 0.29) is 42.6 Å². The maximum Gasteiger partial charge on any atom is 0.408 e. The van der Waals surface area contributed by atoms with Gasteiger partial charge in [-0.2, -0.15) is 0 Å². The summed E-state index contributed by atoms with van der Waals surface area (Å²) in [5.41, 5.74) is -0.624. The van der Waals surface area contributed by atoms with Crippen LogP contribution in [0.3, 0.4) is 0 Å². The summed E-state index contributed by atoms with van der Waals surface area (Å²) in [6.07, 6.45) is -1.40. The molecule has 6 rings (SSSR count). The highest BCUT2D eigenvalue weighted by molar-refractivity contribution is 6.00. The normalized spacial score (nSPS) is 41.1. The number of pyridine rings is 1. The number of nitrogens with one attached hydrogen (secondary N) is 1. The predicted molar refractivity (Wildman–Crippen MR) is 208 cm³/mol. The van der Waals surface area contributed by atoms with Gasteiger partial charge in [-0.15, -0.1) is 0 Å². The van der Waals surface area contributed by atoms with Crippen molar-refractivity contribution in [1.82, 2.24) is 15.2 Å². The maximum absolute atomic E-state index is 14.5. The van der Waals surface area contributed by atoms with Gasteiger partial charge in [0.15, 0.2) is 17.7 Å². The van der Waals surface area contributed by atoms with E-state index in [0.717, 1.165) is 22.9 Å². The molecule has 13 nitrogen and oxygen atoms in total. The number of likely N-dealkylation sites (N-methyl/N-ethyl adjacent to an activating group) is 1. The van der Waals surface area contributed by atoms with E-state index in [1.54, 1.807) is 27.7 Å². The lowest BCUT2D eigenvalue weighted by molar-refractivity contribution is -0.297. The van der Waals surface area contributed by atoms with Crippen molar-refractivity contribution in [3.05, 3.63) is 42.1 Å². The molecule has 1 aliphatic carbocycles. The van der Waals surface area contributed by atoms with Gasteiger partial charge < -0.3 is 39.0 Å². The number of para-hydroxylation sites is 1. The molecule has 0 bridgehead atoms. The molecule has 56 heavy (non-hydrogen) atoms. The molecule has 0 spiro atoms. The molecular formula is C43H61N3O10. The number of cyclic esters (lactones) is 1. The minimum atomic E-state index is -1.37. The smallest absolute Gasteiger partial charge is 0.408 e. The van der Waals surface area contributed by atoms with Gasteiger partial charge >= 0.3 is 12.1 Å². The number of Topliss-reactive ketones (excluding diaryl/α,β-unsaturated/α-hetero) is 2. The fourth-order valence-corrected chi connectivity index (χ4v) is 9.55. The Kier molecular flexibility index (Phi) is 12.3. The third kappa shape index (κ3) is 8.25. The Hall–Kier alpha value is -3.49. The average Bonchev–Trinajstić information content (AvgIpc) is 3.88. The highest BCUT2D eigenvalue weighted by Crippen LogP contribution is 2.49. The number of aliphatic hydroxyl groups excluding tert-OH is 1. The van der Waals surface area contributed by atoms with E-state index >= 15 is 0 Å². The topological polar surface area (TPSA) is 163 Å². The van der Waals surface area contributed by atoms with Crippen LogP contribution in [0.5, 0.6) is 0 Å². The SMILES string of the molecule is CC[C@H]1OC(=O)[C@H](C)C(=O)[C@H](C)[C@@H](O[C@@H]2O[C@H](C)C[C@H](N(C)C)[C@H]2O)[C@](C)(OC[C@H]2C[C@@H]2c2cnc3ccccc3c2)C[C@@H](C)C(=O)[C@H](C)[C@H]2NC(=O)O[C@@]21C. The minimum absolute atomic E-state index is 0.136. The van der Waals surface area contributed by atoms with E-state index in [9.17, 15) is 24.3 Å². The van der Waals surface area contributed by atoms with Crippen LogP contribution >= 0.6 is 0 Å². The summed E-state index contributed by atoms with van der Waals surface area (Å²) >= 11 is 0. The van der Waals surface area contributed by atoms with E-state index in [1.807, 2.05) is 70.2 Å². The summed E-state index contributed by atoms with van der Waals surface area (Å²) in [6, 6.07) is 9.05. The molecule has 1 saturated carbocycles. The first-order chi connectivity index (χ1) is 26.4. The van der Waals surface area contributed by atoms with E-state index in [0.29, 0.717) is 13.0 Å². The fourth-order valence-electron chi connectivity index (χ4n) is 9.55. The zero-order valence-electron chi connectivity index (χ0n) is 34.5. The van der Waals surface area contributed by atoms with Crippen LogP contribution in [0.2, 0.25) is 0 Å². The first kappa shape index (κ1) is 42.1. The number of aliphatic hydroxyl groups is 1. The Bertz CT molecular complexity index is 1790. The number of ether oxygens (including phenoxy) is 5. The molecule has 13 heteroatoms. The molecule has 0 unspecified atom stereocenters. The van der Waals surface area contributed by atoms with Crippen molar-refractivity contribution in [2.45, 2.75) is 141 Å². The standard InChI is InChI=1S/C43H61N3O10/c1-11-33-43(8)37(45-41(51)56-43)24(4)34(47)22(2)19-42(7,52-21-29-18-30(29)28-17-27-14-12-13-15-31(27)44-20-28)38(25(5)35(48)26(6)39(50)54-33)55-40-36(49)32(46(9)10)16-23(3)53-40/h12-15,17,20,22-26,29-30,32-33,36-38,40,49H,11,16,18-19,21H2,1-10H3,(H,45,51)/t22-,23-,24+,25+,26-,29-,30-,32+,33-,36-,37-,38-,40+,42-,43-/m1/s1. The van der Waals surface area contributed by atoms with Crippen molar-refractivity contribution in [1.29, 1.82) is 0 Å². The molecule has 1 aromatic heterocycles. The molecule has 3 aliphatic heterocycles. The molecular weight excluding hydrogens is 718 g/mol. The second kappa shape index (κ2) is 16.4. The molecule has 4 heterocycles. The lowest BCUT2D eigenvalue weighted by atomic mass is 9.73. The molecule has 4 fully saturated rings. The lowest BCUT2D eigenvalue weighted by Crippen LogP contribution is -2.60. The fraction of sp³-hybridized carbons (Fsp3) is 0.698. The van der Waals surface area contributed by atoms with Crippen LogP contribution in [0.25, 0.3) is 10.9 Å². The van der Waals surface area contributed by atoms with Crippen molar-refractivity contribution in [3.63, 3.8) is 0 Å². The summed E-state index contributed by atoms with van der Waals surface area (Å²) in [5.74, 6) is -4.61. The molecule has 1 aromatic carbocycles. The third-order valence-electron chi connectivity index (χ3n) is 13.0. The Balaban J connectivity index is 1.37. The van der Waals surface area contributed by atoms with Crippen LogP contribution in [0, 0.1) is 29.6 Å². The Morgan fingerprint density at radius 1 is 1.00 bits per heavy atom. The van der Waals surface area contributed by atoms with Gasteiger partial charge in [0, 0.05) is 35.4 Å². The molecule has 0 radical (unpaired) electrons. The number of nitrogens with zero attached hydrogens (tertiary/aromatic N) is 2. The number of hydrogen-bond donors (Lipinski definition) is 2. The van der Waals surface area contributed by atoms with Gasteiger partial charge in [0.2, 0.25) is 0 Å². The zero-order valence-corrected chi connectivity index (χ0v) is 34.5. The van der Waals surface area contributed by atoms with Crippen molar-refractivity contribution < 1.29 is 48.0 Å². The van der Waals surface area contributed by atoms with Crippen molar-refractivity contribution in [2.24, 2.45) is 29.6 Å². The van der Waals surface area contributed by atoms with E-state index in [2.05, 4.69) is 16.4 Å². The second-order valence-electron chi connectivity index (χ2n) is 17.6. The average molecular weight is 780 g/mol. The van der Waals surface area contributed by atoms with Gasteiger partial charge in [-0.25, -0.2) is 4.79 Å². The van der Waals surface area contributed by atoms with Gasteiger partial charge in [-0.3, -0.25) is 19.4 Å². The van der Waals surface area contributed by atoms with Crippen LogP contribution in [-0.4, -0.2) is 113 Å². The van der Waals surface area contributed by atoms with Gasteiger partial charge in [-0.05, 0) is 97.0 Å². The highest BCUT2D eigenvalue weighted by atomic mass is 16.7. The molecule has 2 aromatic rings. The molecule has 2 N–H and O–H groups in total. The number of carbonyl (C=O) groups excluding carboxylic acids is 4. The molecule has 15 atom stereocenters. The largest absolute Gasteiger partial charge is 0.458 e. The van der Waals surface area contributed by atoms with Gasteiger partial charge in [0.25, 0.3) is 0 Å². The van der Waals surface area contributed by atoms with Gasteiger partial charge in [0.1, 0.15) is 23.9 Å². The van der Waals surface area contributed by atoms with E-state index in [4.69, 9.17) is 23.7 Å². The number of amides is 1. The number of carbonyl (C=O) groups is 4. The lowest BCUT2D eigenvalue weighted by Gasteiger charge is -2.47. The van der Waals surface area contributed by atoms with Crippen LogP contribution in [0.4, 0.5) is 4.79 Å². The molecule has 308 valence electrons. The van der Waals surface area contributed by atoms with Crippen LogP contribution in [0.1, 0.15) is 92.6 Å². The Labute approximate surface area is 330 Å². The summed E-state index contributed by atoms with van der Waals surface area (Å²) in [4.78, 5) is 62.2. The van der Waals surface area contributed by atoms with Crippen molar-refractivity contribution in [3.8, 4) is 0 Å². The number of ketones is 2.